The molecule has 4 aromatic rings. The van der Waals surface area contributed by atoms with Gasteiger partial charge in [-0.1, -0.05) is 48.0 Å². The van der Waals surface area contributed by atoms with Crippen LogP contribution in [0.2, 0.25) is 5.02 Å². The lowest BCUT2D eigenvalue weighted by Crippen LogP contribution is -2.23. The zero-order valence-corrected chi connectivity index (χ0v) is 18.8. The zero-order chi connectivity index (χ0) is 23.2. The van der Waals surface area contributed by atoms with Gasteiger partial charge in [-0.3, -0.25) is 4.79 Å². The molecular formula is C26H23ClFN3O2. The van der Waals surface area contributed by atoms with Crippen molar-refractivity contribution < 1.29 is 13.9 Å². The summed E-state index contributed by atoms with van der Waals surface area (Å²) in [5.41, 5.74) is 3.79. The average molecular weight is 464 g/mol. The number of hydrogen-bond acceptors (Lipinski definition) is 3. The number of aryl methyl sites for hydroxylation is 1. The maximum Gasteiger partial charge on any atom is 0.220 e. The van der Waals surface area contributed by atoms with Gasteiger partial charge in [0.15, 0.2) is 0 Å². The van der Waals surface area contributed by atoms with E-state index in [1.165, 1.54) is 12.1 Å². The van der Waals surface area contributed by atoms with Gasteiger partial charge in [0.2, 0.25) is 5.91 Å². The van der Waals surface area contributed by atoms with E-state index in [9.17, 15) is 9.18 Å². The Kier molecular flexibility index (Phi) is 7.05. The van der Waals surface area contributed by atoms with E-state index in [1.54, 1.807) is 23.9 Å². The molecule has 1 amide bonds. The molecule has 168 valence electrons. The number of hydrogen-bond donors (Lipinski definition) is 1. The molecule has 0 aliphatic carbocycles. The van der Waals surface area contributed by atoms with Gasteiger partial charge in [-0.15, -0.1) is 0 Å². The molecular weight excluding hydrogens is 441 g/mol. The first-order valence-corrected chi connectivity index (χ1v) is 10.9. The Labute approximate surface area is 196 Å². The van der Waals surface area contributed by atoms with Gasteiger partial charge in [0.25, 0.3) is 0 Å². The molecule has 1 N–H and O–H groups in total. The number of halogens is 2. The molecule has 1 aromatic heterocycles. The van der Waals surface area contributed by atoms with Crippen LogP contribution in [0, 0.1) is 5.82 Å². The van der Waals surface area contributed by atoms with E-state index in [-0.39, 0.29) is 18.1 Å². The van der Waals surface area contributed by atoms with Crippen LogP contribution < -0.4 is 10.1 Å². The Morgan fingerprint density at radius 3 is 2.67 bits per heavy atom. The molecule has 7 heteroatoms. The standard InChI is InChI=1S/C26H23ClFN3O2/c1-33-25-11-3-2-10-23(25)31-24(19-7-5-9-21(28)15-19)16-22(30-31)12-13-26(32)29-17-18-6-4-8-20(27)14-18/h2-11,14-16H,12-13,17H2,1H3,(H,29,32). The number of nitrogens with zero attached hydrogens (tertiary/aromatic N) is 2. The lowest BCUT2D eigenvalue weighted by atomic mass is 10.1. The molecule has 5 nitrogen and oxygen atoms in total. The Morgan fingerprint density at radius 1 is 1.06 bits per heavy atom. The van der Waals surface area contributed by atoms with Gasteiger partial charge in [-0.2, -0.15) is 5.10 Å². The van der Waals surface area contributed by atoms with Crippen molar-refractivity contribution in [1.29, 1.82) is 0 Å². The van der Waals surface area contributed by atoms with E-state index in [4.69, 9.17) is 21.4 Å². The normalized spacial score (nSPS) is 10.8. The van der Waals surface area contributed by atoms with Gasteiger partial charge in [0.05, 0.1) is 18.5 Å². The van der Waals surface area contributed by atoms with Crippen LogP contribution in [-0.4, -0.2) is 22.8 Å². The summed E-state index contributed by atoms with van der Waals surface area (Å²) in [4.78, 5) is 12.4. The molecule has 0 unspecified atom stereocenters. The number of aromatic nitrogens is 2. The van der Waals surface area contributed by atoms with Crippen molar-refractivity contribution in [2.45, 2.75) is 19.4 Å². The van der Waals surface area contributed by atoms with Crippen LogP contribution in [0.25, 0.3) is 16.9 Å². The lowest BCUT2D eigenvalue weighted by molar-refractivity contribution is -0.121. The maximum atomic E-state index is 13.9. The minimum absolute atomic E-state index is 0.0888. The Bertz CT molecular complexity index is 1270. The molecule has 0 fully saturated rings. The van der Waals surface area contributed by atoms with Crippen molar-refractivity contribution in [3.63, 3.8) is 0 Å². The third-order valence-electron chi connectivity index (χ3n) is 5.18. The summed E-state index contributed by atoms with van der Waals surface area (Å²) in [6.07, 6.45) is 0.706. The molecule has 0 saturated heterocycles. The van der Waals surface area contributed by atoms with Crippen LogP contribution in [0.15, 0.2) is 78.9 Å². The minimum Gasteiger partial charge on any atom is -0.494 e. The summed E-state index contributed by atoms with van der Waals surface area (Å²) in [5, 5.41) is 8.25. The number of methoxy groups -OCH3 is 1. The van der Waals surface area contributed by atoms with Crippen LogP contribution >= 0.6 is 11.6 Å². The SMILES string of the molecule is COc1ccccc1-n1nc(CCC(=O)NCc2cccc(Cl)c2)cc1-c1cccc(F)c1. The van der Waals surface area contributed by atoms with Crippen molar-refractivity contribution in [1.82, 2.24) is 15.1 Å². The van der Waals surface area contributed by atoms with E-state index in [0.29, 0.717) is 35.0 Å². The Hall–Kier alpha value is -3.64. The highest BCUT2D eigenvalue weighted by atomic mass is 35.5. The van der Waals surface area contributed by atoms with Gasteiger partial charge >= 0.3 is 0 Å². The third-order valence-corrected chi connectivity index (χ3v) is 5.42. The van der Waals surface area contributed by atoms with Crippen molar-refractivity contribution in [2.75, 3.05) is 7.11 Å². The highest BCUT2D eigenvalue weighted by Gasteiger charge is 2.16. The highest BCUT2D eigenvalue weighted by Crippen LogP contribution is 2.29. The molecule has 0 bridgehead atoms. The van der Waals surface area contributed by atoms with E-state index >= 15 is 0 Å². The highest BCUT2D eigenvalue weighted by molar-refractivity contribution is 6.30. The van der Waals surface area contributed by atoms with Crippen LogP contribution in [0.1, 0.15) is 17.7 Å². The first-order chi connectivity index (χ1) is 16.0. The zero-order valence-electron chi connectivity index (χ0n) is 18.1. The topological polar surface area (TPSA) is 56.2 Å². The molecule has 33 heavy (non-hydrogen) atoms. The molecule has 3 aromatic carbocycles. The third kappa shape index (κ3) is 5.59. The number of carbonyl (C=O) groups is 1. The molecule has 0 radical (unpaired) electrons. The predicted molar refractivity (Wildman–Crippen MR) is 127 cm³/mol. The maximum absolute atomic E-state index is 13.9. The van der Waals surface area contributed by atoms with Gasteiger partial charge in [-0.05, 0) is 48.0 Å². The first-order valence-electron chi connectivity index (χ1n) is 10.5. The summed E-state index contributed by atoms with van der Waals surface area (Å²) in [5.74, 6) is 0.223. The summed E-state index contributed by atoms with van der Waals surface area (Å²) in [6, 6.07) is 23.1. The van der Waals surface area contributed by atoms with Crippen molar-refractivity contribution in [3.05, 3.63) is 101 Å². The quantitative estimate of drug-likeness (QED) is 0.370. The van der Waals surface area contributed by atoms with E-state index < -0.39 is 0 Å². The number of nitrogens with one attached hydrogen (secondary N) is 1. The van der Waals surface area contributed by atoms with Crippen LogP contribution in [0.3, 0.4) is 0 Å². The summed E-state index contributed by atoms with van der Waals surface area (Å²) >= 11 is 6.00. The van der Waals surface area contributed by atoms with Crippen molar-refractivity contribution >= 4 is 17.5 Å². The predicted octanol–water partition coefficient (Wildman–Crippen LogP) is 5.59. The number of rotatable bonds is 8. The fraction of sp³-hybridized carbons (Fsp3) is 0.154. The Morgan fingerprint density at radius 2 is 1.88 bits per heavy atom. The Balaban J connectivity index is 1.54. The molecule has 0 saturated carbocycles. The second-order valence-electron chi connectivity index (χ2n) is 7.52. The molecule has 1 heterocycles. The number of carbonyl (C=O) groups excluding carboxylic acids is 1. The summed E-state index contributed by atoms with van der Waals surface area (Å²) < 4.78 is 21.2. The van der Waals surface area contributed by atoms with E-state index in [0.717, 1.165) is 16.9 Å². The van der Waals surface area contributed by atoms with Crippen LogP contribution in [0.4, 0.5) is 4.39 Å². The van der Waals surface area contributed by atoms with Gasteiger partial charge < -0.3 is 10.1 Å². The monoisotopic (exact) mass is 463 g/mol. The van der Waals surface area contributed by atoms with Gasteiger partial charge in [-0.25, -0.2) is 9.07 Å². The minimum atomic E-state index is -0.331. The molecule has 0 atom stereocenters. The molecule has 0 spiro atoms. The number of ether oxygens (including phenoxy) is 1. The van der Waals surface area contributed by atoms with Crippen LogP contribution in [0.5, 0.6) is 5.75 Å². The second kappa shape index (κ2) is 10.3. The first kappa shape index (κ1) is 22.6. The van der Waals surface area contributed by atoms with E-state index in [1.807, 2.05) is 54.6 Å². The number of benzene rings is 3. The fourth-order valence-corrected chi connectivity index (χ4v) is 3.78. The number of para-hydroxylation sites is 2. The van der Waals surface area contributed by atoms with Crippen LogP contribution in [-0.2, 0) is 17.8 Å². The largest absolute Gasteiger partial charge is 0.494 e. The second-order valence-corrected chi connectivity index (χ2v) is 7.96. The molecule has 0 aliphatic rings. The average Bonchev–Trinajstić information content (AvgIpc) is 3.25. The number of amides is 1. The summed E-state index contributed by atoms with van der Waals surface area (Å²) in [7, 11) is 1.59. The lowest BCUT2D eigenvalue weighted by Gasteiger charge is -2.11. The molecule has 4 rings (SSSR count). The van der Waals surface area contributed by atoms with E-state index in [2.05, 4.69) is 5.32 Å². The van der Waals surface area contributed by atoms with Crippen molar-refractivity contribution in [3.8, 4) is 22.7 Å². The summed E-state index contributed by atoms with van der Waals surface area (Å²) in [6.45, 7) is 0.406. The van der Waals surface area contributed by atoms with Crippen molar-refractivity contribution in [2.24, 2.45) is 0 Å². The molecule has 0 aliphatic heterocycles. The van der Waals surface area contributed by atoms with Gasteiger partial charge in [0, 0.05) is 30.0 Å². The smallest absolute Gasteiger partial charge is 0.220 e. The van der Waals surface area contributed by atoms with Gasteiger partial charge in [0.1, 0.15) is 17.3 Å². The fourth-order valence-electron chi connectivity index (χ4n) is 3.57.